The predicted octanol–water partition coefficient (Wildman–Crippen LogP) is 6.33. The van der Waals surface area contributed by atoms with Gasteiger partial charge in [0.1, 0.15) is 5.78 Å². The molecule has 3 heterocycles. The van der Waals surface area contributed by atoms with Crippen LogP contribution in [0.4, 0.5) is 22.0 Å². The number of hydrogen-bond donors (Lipinski definition) is 2. The third-order valence-electron chi connectivity index (χ3n) is 6.07. The molecule has 0 bridgehead atoms. The molecule has 0 unspecified atom stereocenters. The van der Waals surface area contributed by atoms with Crippen molar-refractivity contribution < 1.29 is 9.59 Å². The molecule has 0 aliphatic carbocycles. The van der Waals surface area contributed by atoms with Crippen molar-refractivity contribution in [2.45, 2.75) is 52.9 Å². The van der Waals surface area contributed by atoms with Gasteiger partial charge in [-0.1, -0.05) is 39.0 Å². The summed E-state index contributed by atoms with van der Waals surface area (Å²) >= 11 is 0. The number of amides is 2. The molecule has 0 radical (unpaired) electrons. The average molecular weight is 486 g/mol. The Morgan fingerprint density at radius 1 is 1.06 bits per heavy atom. The number of nitrogens with one attached hydrogen (secondary N) is 2. The van der Waals surface area contributed by atoms with Crippen LogP contribution in [0.2, 0.25) is 0 Å². The number of aryl methyl sites for hydroxylation is 1. The number of nitrogens with zero attached hydrogens (tertiary/aromatic N) is 3. The van der Waals surface area contributed by atoms with E-state index in [1.807, 2.05) is 24.3 Å². The highest BCUT2D eigenvalue weighted by Crippen LogP contribution is 2.31. The van der Waals surface area contributed by atoms with Gasteiger partial charge in [-0.15, -0.1) is 0 Å². The summed E-state index contributed by atoms with van der Waals surface area (Å²) in [6.45, 7) is 7.69. The zero-order valence-corrected chi connectivity index (χ0v) is 21.4. The first-order chi connectivity index (χ1) is 17.3. The predicted molar refractivity (Wildman–Crippen MR) is 145 cm³/mol. The summed E-state index contributed by atoms with van der Waals surface area (Å²) in [6.07, 6.45) is 6.97. The number of hydrogen-bond acceptors (Lipinski definition) is 5. The SMILES string of the molecule is CC(C)(C)CC(=O)CCc1cccc(-c2ccc3c(n2)N(C(=O)Nc2ccncc2)CCCCN3)c1. The van der Waals surface area contributed by atoms with Crippen molar-refractivity contribution in [3.63, 3.8) is 0 Å². The molecular weight excluding hydrogens is 450 g/mol. The number of carbonyl (C=O) groups excluding carboxylic acids is 2. The molecular formula is C29H35N5O2. The standard InChI is InChI=1S/C29H35N5O2/c1-29(2,3)20-24(35)10-9-21-7-6-8-22(19-21)25-11-12-26-27(33-25)34(18-5-4-15-31-26)28(36)32-23-13-16-30-17-14-23/h6-8,11-14,16-17,19,31H,4-5,9-10,15,18,20H2,1-3H3,(H,30,32,36). The van der Waals surface area contributed by atoms with Crippen molar-refractivity contribution >= 4 is 29.0 Å². The molecule has 1 aliphatic heterocycles. The largest absolute Gasteiger partial charge is 0.382 e. The zero-order valence-electron chi connectivity index (χ0n) is 21.4. The number of pyridine rings is 2. The molecule has 0 fully saturated rings. The molecule has 2 aromatic heterocycles. The molecule has 36 heavy (non-hydrogen) atoms. The maximum Gasteiger partial charge on any atom is 0.327 e. The summed E-state index contributed by atoms with van der Waals surface area (Å²) < 4.78 is 0. The molecule has 0 saturated heterocycles. The number of rotatable bonds is 6. The van der Waals surface area contributed by atoms with Gasteiger partial charge in [-0.3, -0.25) is 14.7 Å². The van der Waals surface area contributed by atoms with Crippen molar-refractivity contribution in [1.29, 1.82) is 0 Å². The second-order valence-corrected chi connectivity index (χ2v) is 10.5. The first-order valence-electron chi connectivity index (χ1n) is 12.6. The van der Waals surface area contributed by atoms with Crippen LogP contribution in [0.3, 0.4) is 0 Å². The molecule has 3 aromatic rings. The van der Waals surface area contributed by atoms with Crippen LogP contribution in [0.1, 0.15) is 52.0 Å². The Labute approximate surface area is 213 Å². The lowest BCUT2D eigenvalue weighted by molar-refractivity contribution is -0.120. The second-order valence-electron chi connectivity index (χ2n) is 10.5. The monoisotopic (exact) mass is 485 g/mol. The highest BCUT2D eigenvalue weighted by atomic mass is 16.2. The molecule has 1 aliphatic rings. The van der Waals surface area contributed by atoms with Crippen LogP contribution < -0.4 is 15.5 Å². The molecule has 2 amide bonds. The van der Waals surface area contributed by atoms with Crippen molar-refractivity contribution in [2.75, 3.05) is 28.6 Å². The van der Waals surface area contributed by atoms with Crippen LogP contribution >= 0.6 is 0 Å². The number of carbonyl (C=O) groups is 2. The van der Waals surface area contributed by atoms with Gasteiger partial charge >= 0.3 is 6.03 Å². The fraction of sp³-hybridized carbons (Fsp3) is 0.379. The van der Waals surface area contributed by atoms with Crippen LogP contribution in [0, 0.1) is 5.41 Å². The lowest BCUT2D eigenvalue weighted by Crippen LogP contribution is -2.38. The van der Waals surface area contributed by atoms with Crippen LogP contribution in [0.5, 0.6) is 0 Å². The third-order valence-corrected chi connectivity index (χ3v) is 6.07. The van der Waals surface area contributed by atoms with E-state index in [4.69, 9.17) is 4.98 Å². The molecule has 0 saturated carbocycles. The van der Waals surface area contributed by atoms with E-state index >= 15 is 0 Å². The van der Waals surface area contributed by atoms with Crippen molar-refractivity contribution in [3.8, 4) is 11.3 Å². The summed E-state index contributed by atoms with van der Waals surface area (Å²) in [5, 5.41) is 6.38. The first kappa shape index (κ1) is 25.4. The maximum absolute atomic E-state index is 13.2. The van der Waals surface area contributed by atoms with Crippen LogP contribution in [-0.2, 0) is 11.2 Å². The Morgan fingerprint density at radius 2 is 1.86 bits per heavy atom. The Kier molecular flexibility index (Phi) is 7.98. The summed E-state index contributed by atoms with van der Waals surface area (Å²) in [6, 6.07) is 15.5. The number of fused-ring (bicyclic) bond motifs is 1. The Bertz CT molecular complexity index is 1200. The van der Waals surface area contributed by atoms with E-state index in [-0.39, 0.29) is 17.2 Å². The van der Waals surface area contributed by atoms with Gasteiger partial charge in [0, 0.05) is 49.6 Å². The van der Waals surface area contributed by atoms with Crippen LogP contribution in [0.15, 0.2) is 60.9 Å². The number of urea groups is 1. The summed E-state index contributed by atoms with van der Waals surface area (Å²) in [4.78, 5) is 36.3. The number of benzene rings is 1. The molecule has 2 N–H and O–H groups in total. The Morgan fingerprint density at radius 3 is 2.64 bits per heavy atom. The van der Waals surface area contributed by atoms with E-state index in [1.54, 1.807) is 29.4 Å². The molecule has 188 valence electrons. The number of anilines is 3. The van der Waals surface area contributed by atoms with Crippen molar-refractivity contribution in [2.24, 2.45) is 5.41 Å². The minimum Gasteiger partial charge on any atom is -0.382 e. The third kappa shape index (κ3) is 6.90. The number of Topliss-reactive ketones (excluding diaryl/α,β-unsaturated/α-hetero) is 1. The van der Waals surface area contributed by atoms with Gasteiger partial charge in [-0.2, -0.15) is 0 Å². The van der Waals surface area contributed by atoms with Crippen LogP contribution in [-0.4, -0.2) is 34.9 Å². The minimum atomic E-state index is -0.220. The van der Waals surface area contributed by atoms with E-state index in [0.717, 1.165) is 41.9 Å². The Hall–Kier alpha value is -3.74. The van der Waals surface area contributed by atoms with E-state index < -0.39 is 0 Å². The van der Waals surface area contributed by atoms with E-state index in [9.17, 15) is 9.59 Å². The van der Waals surface area contributed by atoms with Crippen LogP contribution in [0.25, 0.3) is 11.3 Å². The topological polar surface area (TPSA) is 87.2 Å². The zero-order chi connectivity index (χ0) is 25.5. The van der Waals surface area contributed by atoms with Crippen molar-refractivity contribution in [1.82, 2.24) is 9.97 Å². The molecule has 7 nitrogen and oxygen atoms in total. The highest BCUT2D eigenvalue weighted by Gasteiger charge is 2.23. The second kappa shape index (κ2) is 11.3. The quantitative estimate of drug-likeness (QED) is 0.426. The average Bonchev–Trinajstić information content (AvgIpc) is 2.83. The fourth-order valence-electron chi connectivity index (χ4n) is 4.35. The van der Waals surface area contributed by atoms with Gasteiger partial charge in [-0.05, 0) is 60.6 Å². The molecule has 0 spiro atoms. The summed E-state index contributed by atoms with van der Waals surface area (Å²) in [5.74, 6) is 0.901. The smallest absolute Gasteiger partial charge is 0.327 e. The molecule has 7 heteroatoms. The van der Waals surface area contributed by atoms with Gasteiger partial charge in [-0.25, -0.2) is 9.78 Å². The number of aromatic nitrogens is 2. The van der Waals surface area contributed by atoms with E-state index in [0.29, 0.717) is 37.3 Å². The van der Waals surface area contributed by atoms with Gasteiger partial charge < -0.3 is 10.6 Å². The van der Waals surface area contributed by atoms with Gasteiger partial charge in [0.15, 0.2) is 5.82 Å². The lowest BCUT2D eigenvalue weighted by Gasteiger charge is -2.27. The van der Waals surface area contributed by atoms with E-state index in [1.165, 1.54) is 0 Å². The normalized spacial score (nSPS) is 13.7. The molecule has 4 rings (SSSR count). The fourth-order valence-corrected chi connectivity index (χ4v) is 4.35. The summed E-state index contributed by atoms with van der Waals surface area (Å²) in [5.41, 5.74) is 4.40. The van der Waals surface area contributed by atoms with Gasteiger partial charge in [0.05, 0.1) is 11.4 Å². The number of ketones is 1. The van der Waals surface area contributed by atoms with Crippen molar-refractivity contribution in [3.05, 3.63) is 66.5 Å². The van der Waals surface area contributed by atoms with Gasteiger partial charge in [0.25, 0.3) is 0 Å². The molecule has 0 atom stereocenters. The molecule has 1 aromatic carbocycles. The Balaban J connectivity index is 1.56. The van der Waals surface area contributed by atoms with Gasteiger partial charge in [0.2, 0.25) is 0 Å². The summed E-state index contributed by atoms with van der Waals surface area (Å²) in [7, 11) is 0. The maximum atomic E-state index is 13.2. The first-order valence-corrected chi connectivity index (χ1v) is 12.6. The van der Waals surface area contributed by atoms with E-state index in [2.05, 4.69) is 48.5 Å². The minimum absolute atomic E-state index is 0.00712. The highest BCUT2D eigenvalue weighted by molar-refractivity contribution is 6.03. The lowest BCUT2D eigenvalue weighted by atomic mass is 9.88.